The first-order valence-corrected chi connectivity index (χ1v) is 7.39. The maximum absolute atomic E-state index is 11.3. The number of halogens is 1. The fourth-order valence-corrected chi connectivity index (χ4v) is 3.78. The first kappa shape index (κ1) is 14.4. The van der Waals surface area contributed by atoms with Gasteiger partial charge in [0, 0.05) is 12.7 Å². The summed E-state index contributed by atoms with van der Waals surface area (Å²) in [6.45, 7) is 5.25. The standard InChI is InChI=1S/C15H22ClNO2/c1-11(2)8-15(5-3-4-6-15)10-17-9-12(16)7-13(17)14(18)19/h7,9,11H,3-6,8,10H2,1-2H3,(H,18,19). The van der Waals surface area contributed by atoms with E-state index in [0.29, 0.717) is 16.6 Å². The van der Waals surface area contributed by atoms with Gasteiger partial charge in [0.25, 0.3) is 0 Å². The fraction of sp³-hybridized carbons (Fsp3) is 0.667. The van der Waals surface area contributed by atoms with Crippen molar-refractivity contribution in [3.8, 4) is 0 Å². The van der Waals surface area contributed by atoms with E-state index in [1.54, 1.807) is 12.3 Å². The average Bonchev–Trinajstić information content (AvgIpc) is 2.85. The third-order valence-electron chi connectivity index (χ3n) is 4.09. The topological polar surface area (TPSA) is 42.2 Å². The van der Waals surface area contributed by atoms with E-state index in [-0.39, 0.29) is 5.41 Å². The van der Waals surface area contributed by atoms with Crippen LogP contribution in [0.15, 0.2) is 12.3 Å². The molecular weight excluding hydrogens is 262 g/mol. The minimum absolute atomic E-state index is 0.251. The molecule has 0 atom stereocenters. The molecule has 0 spiro atoms. The second-order valence-corrected chi connectivity index (χ2v) is 6.72. The number of rotatable bonds is 5. The van der Waals surface area contributed by atoms with Crippen molar-refractivity contribution in [2.24, 2.45) is 11.3 Å². The Morgan fingerprint density at radius 2 is 2.11 bits per heavy atom. The van der Waals surface area contributed by atoms with E-state index in [1.165, 1.54) is 25.7 Å². The molecule has 2 rings (SSSR count). The largest absolute Gasteiger partial charge is 0.477 e. The van der Waals surface area contributed by atoms with Crippen LogP contribution in [0.25, 0.3) is 0 Å². The van der Waals surface area contributed by atoms with E-state index >= 15 is 0 Å². The van der Waals surface area contributed by atoms with Gasteiger partial charge in [0.1, 0.15) is 5.69 Å². The van der Waals surface area contributed by atoms with Crippen molar-refractivity contribution in [3.05, 3.63) is 23.0 Å². The lowest BCUT2D eigenvalue weighted by Gasteiger charge is -2.32. The van der Waals surface area contributed by atoms with Gasteiger partial charge in [-0.3, -0.25) is 0 Å². The van der Waals surface area contributed by atoms with E-state index in [9.17, 15) is 9.90 Å². The monoisotopic (exact) mass is 283 g/mol. The summed E-state index contributed by atoms with van der Waals surface area (Å²) in [5, 5.41) is 9.75. The van der Waals surface area contributed by atoms with Gasteiger partial charge in [-0.2, -0.15) is 0 Å². The molecule has 0 amide bonds. The Bertz CT molecular complexity index is 459. The number of carboxylic acid groups (broad SMARTS) is 1. The molecule has 3 nitrogen and oxygen atoms in total. The zero-order valence-corrected chi connectivity index (χ0v) is 12.4. The average molecular weight is 284 g/mol. The molecule has 1 aliphatic rings. The second-order valence-electron chi connectivity index (χ2n) is 6.28. The van der Waals surface area contributed by atoms with Crippen LogP contribution in [0.5, 0.6) is 0 Å². The molecule has 0 aliphatic heterocycles. The van der Waals surface area contributed by atoms with Crippen LogP contribution in [0.3, 0.4) is 0 Å². The van der Waals surface area contributed by atoms with Gasteiger partial charge in [0.05, 0.1) is 5.02 Å². The highest BCUT2D eigenvalue weighted by Gasteiger charge is 2.35. The summed E-state index contributed by atoms with van der Waals surface area (Å²) in [5.74, 6) is -0.262. The van der Waals surface area contributed by atoms with Gasteiger partial charge in [-0.15, -0.1) is 0 Å². The predicted octanol–water partition coefficient (Wildman–Crippen LogP) is 4.45. The molecule has 19 heavy (non-hydrogen) atoms. The summed E-state index contributed by atoms with van der Waals surface area (Å²) in [4.78, 5) is 11.3. The Morgan fingerprint density at radius 1 is 1.47 bits per heavy atom. The van der Waals surface area contributed by atoms with Gasteiger partial charge in [0.15, 0.2) is 0 Å². The minimum atomic E-state index is -0.899. The number of aromatic carboxylic acids is 1. The highest BCUT2D eigenvalue weighted by Crippen LogP contribution is 2.44. The molecule has 1 heterocycles. The first-order chi connectivity index (χ1) is 8.92. The Balaban J connectivity index is 2.24. The van der Waals surface area contributed by atoms with E-state index in [1.807, 2.05) is 4.57 Å². The van der Waals surface area contributed by atoms with Crippen molar-refractivity contribution in [2.75, 3.05) is 0 Å². The van der Waals surface area contributed by atoms with E-state index in [4.69, 9.17) is 11.6 Å². The SMILES string of the molecule is CC(C)CC1(Cn2cc(Cl)cc2C(=O)O)CCCC1. The predicted molar refractivity (Wildman–Crippen MR) is 76.8 cm³/mol. The van der Waals surface area contributed by atoms with E-state index in [2.05, 4.69) is 13.8 Å². The molecule has 1 fully saturated rings. The summed E-state index contributed by atoms with van der Waals surface area (Å²) < 4.78 is 1.83. The lowest BCUT2D eigenvalue weighted by molar-refractivity contribution is 0.0679. The maximum Gasteiger partial charge on any atom is 0.352 e. The Labute approximate surface area is 119 Å². The van der Waals surface area contributed by atoms with Crippen LogP contribution >= 0.6 is 11.6 Å². The number of hydrogen-bond donors (Lipinski definition) is 1. The normalized spacial score (nSPS) is 18.1. The maximum atomic E-state index is 11.3. The number of hydrogen-bond acceptors (Lipinski definition) is 1. The van der Waals surface area contributed by atoms with E-state index in [0.717, 1.165) is 13.0 Å². The van der Waals surface area contributed by atoms with Crippen LogP contribution in [0.4, 0.5) is 0 Å². The molecule has 0 radical (unpaired) electrons. The van der Waals surface area contributed by atoms with Crippen molar-refractivity contribution in [1.82, 2.24) is 4.57 Å². The number of carboxylic acids is 1. The third-order valence-corrected chi connectivity index (χ3v) is 4.30. The van der Waals surface area contributed by atoms with Gasteiger partial charge >= 0.3 is 5.97 Å². The van der Waals surface area contributed by atoms with Crippen molar-refractivity contribution >= 4 is 17.6 Å². The molecule has 0 aromatic carbocycles. The van der Waals surface area contributed by atoms with Gasteiger partial charge in [-0.1, -0.05) is 38.3 Å². The van der Waals surface area contributed by atoms with Gasteiger partial charge < -0.3 is 9.67 Å². The minimum Gasteiger partial charge on any atom is -0.477 e. The number of aromatic nitrogens is 1. The zero-order valence-electron chi connectivity index (χ0n) is 11.7. The highest BCUT2D eigenvalue weighted by molar-refractivity contribution is 6.30. The fourth-order valence-electron chi connectivity index (χ4n) is 3.56. The van der Waals surface area contributed by atoms with Crippen LogP contribution in [0, 0.1) is 11.3 Å². The molecule has 1 N–H and O–H groups in total. The van der Waals surface area contributed by atoms with Gasteiger partial charge in [0.2, 0.25) is 0 Å². The summed E-state index contributed by atoms with van der Waals surface area (Å²) >= 11 is 5.96. The molecule has 1 saturated carbocycles. The molecule has 0 unspecified atom stereocenters. The lowest BCUT2D eigenvalue weighted by atomic mass is 9.78. The summed E-state index contributed by atoms with van der Waals surface area (Å²) in [7, 11) is 0. The molecule has 0 saturated heterocycles. The quantitative estimate of drug-likeness (QED) is 0.868. The molecule has 4 heteroatoms. The van der Waals surface area contributed by atoms with E-state index < -0.39 is 5.97 Å². The second kappa shape index (κ2) is 5.58. The lowest BCUT2D eigenvalue weighted by Crippen LogP contribution is -2.26. The van der Waals surface area contributed by atoms with Crippen LogP contribution in [-0.4, -0.2) is 15.6 Å². The van der Waals surface area contributed by atoms with Crippen LogP contribution in [0.2, 0.25) is 5.02 Å². The molecule has 1 aromatic heterocycles. The molecular formula is C15H22ClNO2. The van der Waals surface area contributed by atoms with Gasteiger partial charge in [-0.25, -0.2) is 4.79 Å². The summed E-state index contributed by atoms with van der Waals surface area (Å²) in [6.07, 6.45) is 7.81. The van der Waals surface area contributed by atoms with Crippen LogP contribution < -0.4 is 0 Å². The smallest absolute Gasteiger partial charge is 0.352 e. The molecule has 106 valence electrons. The third kappa shape index (κ3) is 3.33. The Hall–Kier alpha value is -0.960. The van der Waals surface area contributed by atoms with Crippen LogP contribution in [0.1, 0.15) is 56.4 Å². The van der Waals surface area contributed by atoms with Crippen molar-refractivity contribution in [1.29, 1.82) is 0 Å². The van der Waals surface area contributed by atoms with Crippen LogP contribution in [-0.2, 0) is 6.54 Å². The number of nitrogens with zero attached hydrogens (tertiary/aromatic N) is 1. The van der Waals surface area contributed by atoms with Crippen molar-refractivity contribution < 1.29 is 9.90 Å². The zero-order chi connectivity index (χ0) is 14.0. The first-order valence-electron chi connectivity index (χ1n) is 7.01. The summed E-state index contributed by atoms with van der Waals surface area (Å²) in [6, 6.07) is 1.54. The van der Waals surface area contributed by atoms with Crippen molar-refractivity contribution in [3.63, 3.8) is 0 Å². The molecule has 0 bridgehead atoms. The molecule has 1 aromatic rings. The highest BCUT2D eigenvalue weighted by atomic mass is 35.5. The Kier molecular flexibility index (Phi) is 4.24. The summed E-state index contributed by atoms with van der Waals surface area (Å²) in [5.41, 5.74) is 0.556. The molecule has 1 aliphatic carbocycles. The Morgan fingerprint density at radius 3 is 2.63 bits per heavy atom. The van der Waals surface area contributed by atoms with Gasteiger partial charge in [-0.05, 0) is 36.7 Å². The number of carbonyl (C=O) groups is 1. The van der Waals surface area contributed by atoms with Crippen molar-refractivity contribution in [2.45, 2.75) is 52.5 Å².